The number of carbonyl (C=O) groups excluding carboxylic acids is 2. The molecule has 0 aliphatic carbocycles. The average molecular weight is 562 g/mol. The second kappa shape index (κ2) is 11.4. The van der Waals surface area contributed by atoms with Crippen LogP contribution in [-0.4, -0.2) is 31.8 Å². The van der Waals surface area contributed by atoms with E-state index in [4.69, 9.17) is 14.2 Å². The highest BCUT2D eigenvalue weighted by molar-refractivity contribution is 9.10. The van der Waals surface area contributed by atoms with E-state index in [2.05, 4.69) is 42.4 Å². The van der Waals surface area contributed by atoms with Crippen molar-refractivity contribution >= 4 is 50.0 Å². The number of hydrogen-bond donors (Lipinski definition) is 1. The molecule has 0 spiro atoms. The van der Waals surface area contributed by atoms with E-state index in [0.29, 0.717) is 22.6 Å². The highest BCUT2D eigenvalue weighted by Crippen LogP contribution is 2.28. The van der Waals surface area contributed by atoms with Gasteiger partial charge in [0.05, 0.1) is 18.9 Å². The van der Waals surface area contributed by atoms with Gasteiger partial charge in [0.2, 0.25) is 0 Å². The minimum absolute atomic E-state index is 0.173. The van der Waals surface area contributed by atoms with Gasteiger partial charge in [0, 0.05) is 8.95 Å². The molecule has 32 heavy (non-hydrogen) atoms. The summed E-state index contributed by atoms with van der Waals surface area (Å²) in [5.74, 6) is 0.283. The Morgan fingerprint density at radius 2 is 1.59 bits per heavy atom. The van der Waals surface area contributed by atoms with E-state index in [1.807, 2.05) is 12.1 Å². The van der Waals surface area contributed by atoms with Gasteiger partial charge in [0.15, 0.2) is 18.1 Å². The molecule has 0 bridgehead atoms. The third kappa shape index (κ3) is 6.93. The molecule has 0 unspecified atom stereocenters. The second-order valence-corrected chi connectivity index (χ2v) is 8.17. The number of carbonyl (C=O) groups is 2. The molecule has 0 aliphatic rings. The van der Waals surface area contributed by atoms with Crippen LogP contribution in [0.3, 0.4) is 0 Å². The molecule has 0 aliphatic heterocycles. The van der Waals surface area contributed by atoms with Crippen LogP contribution in [0.2, 0.25) is 0 Å². The molecule has 0 saturated heterocycles. The molecule has 1 N–H and O–H groups in total. The maximum atomic E-state index is 12.3. The Bertz CT molecular complexity index is 1120. The molecular formula is C23H18Br2N2O5. The van der Waals surface area contributed by atoms with Gasteiger partial charge >= 0.3 is 5.97 Å². The Labute approximate surface area is 201 Å². The smallest absolute Gasteiger partial charge is 0.343 e. The van der Waals surface area contributed by atoms with Gasteiger partial charge in [-0.05, 0) is 72.3 Å². The third-order valence-corrected chi connectivity index (χ3v) is 5.11. The highest BCUT2D eigenvalue weighted by Gasteiger charge is 2.13. The van der Waals surface area contributed by atoms with Crippen LogP contribution in [0.5, 0.6) is 17.2 Å². The van der Waals surface area contributed by atoms with Gasteiger partial charge in [0.25, 0.3) is 5.91 Å². The fourth-order valence-electron chi connectivity index (χ4n) is 2.48. The monoisotopic (exact) mass is 560 g/mol. The Kier molecular flexibility index (Phi) is 8.41. The topological polar surface area (TPSA) is 86.2 Å². The minimum atomic E-state index is -0.504. The highest BCUT2D eigenvalue weighted by atomic mass is 79.9. The van der Waals surface area contributed by atoms with Crippen LogP contribution in [-0.2, 0) is 4.79 Å². The molecule has 9 heteroatoms. The van der Waals surface area contributed by atoms with Gasteiger partial charge < -0.3 is 14.2 Å². The SMILES string of the molecule is COc1cc(C=NNC(=O)COc2ccc(Br)cc2)ccc1OC(=O)c1ccc(Br)cc1. The number of benzene rings is 3. The van der Waals surface area contributed by atoms with Crippen molar-refractivity contribution < 1.29 is 23.8 Å². The lowest BCUT2D eigenvalue weighted by Gasteiger charge is -2.10. The van der Waals surface area contributed by atoms with Crippen LogP contribution in [0.25, 0.3) is 0 Å². The van der Waals surface area contributed by atoms with E-state index >= 15 is 0 Å². The van der Waals surface area contributed by atoms with Crippen molar-refractivity contribution in [2.45, 2.75) is 0 Å². The van der Waals surface area contributed by atoms with Gasteiger partial charge in [-0.3, -0.25) is 4.79 Å². The summed E-state index contributed by atoms with van der Waals surface area (Å²) in [6, 6.07) is 18.9. The number of nitrogens with one attached hydrogen (secondary N) is 1. The minimum Gasteiger partial charge on any atom is -0.493 e. The zero-order chi connectivity index (χ0) is 22.9. The Morgan fingerprint density at radius 1 is 0.938 bits per heavy atom. The van der Waals surface area contributed by atoms with Gasteiger partial charge in [-0.1, -0.05) is 31.9 Å². The number of nitrogens with zero attached hydrogens (tertiary/aromatic N) is 1. The lowest BCUT2D eigenvalue weighted by atomic mass is 10.2. The molecule has 0 heterocycles. The Hall–Kier alpha value is -3.17. The quantitative estimate of drug-likeness (QED) is 0.182. The van der Waals surface area contributed by atoms with Crippen molar-refractivity contribution in [2.24, 2.45) is 5.10 Å². The van der Waals surface area contributed by atoms with Crippen molar-refractivity contribution in [1.82, 2.24) is 5.43 Å². The summed E-state index contributed by atoms with van der Waals surface area (Å²) in [5.41, 5.74) is 3.44. The molecule has 164 valence electrons. The molecule has 3 aromatic rings. The number of rotatable bonds is 8. The Morgan fingerprint density at radius 3 is 2.25 bits per heavy atom. The van der Waals surface area contributed by atoms with Crippen LogP contribution in [0.1, 0.15) is 15.9 Å². The lowest BCUT2D eigenvalue weighted by Crippen LogP contribution is -2.24. The van der Waals surface area contributed by atoms with Crippen LogP contribution in [0.4, 0.5) is 0 Å². The van der Waals surface area contributed by atoms with E-state index in [1.54, 1.807) is 54.6 Å². The molecule has 0 saturated carbocycles. The number of hydrazone groups is 1. The summed E-state index contributed by atoms with van der Waals surface area (Å²) < 4.78 is 17.9. The van der Waals surface area contributed by atoms with Crippen molar-refractivity contribution in [3.8, 4) is 17.2 Å². The zero-order valence-corrected chi connectivity index (χ0v) is 20.1. The predicted molar refractivity (Wildman–Crippen MR) is 127 cm³/mol. The number of methoxy groups -OCH3 is 1. The van der Waals surface area contributed by atoms with Crippen molar-refractivity contribution in [1.29, 1.82) is 0 Å². The standard InChI is InChI=1S/C23H18Br2N2O5/c1-30-21-12-15(2-11-20(21)32-23(29)16-3-5-17(24)6-4-16)13-26-27-22(28)14-31-19-9-7-18(25)8-10-19/h2-13H,14H2,1H3,(H,27,28). The van der Waals surface area contributed by atoms with E-state index in [9.17, 15) is 9.59 Å². The van der Waals surface area contributed by atoms with Gasteiger partial charge in [0.1, 0.15) is 5.75 Å². The first-order valence-corrected chi connectivity index (χ1v) is 10.9. The van der Waals surface area contributed by atoms with Crippen LogP contribution < -0.4 is 19.6 Å². The molecule has 0 radical (unpaired) electrons. The number of hydrogen-bond acceptors (Lipinski definition) is 6. The molecule has 3 aromatic carbocycles. The molecule has 0 atom stereocenters. The van der Waals surface area contributed by atoms with Gasteiger partial charge in [-0.2, -0.15) is 5.10 Å². The summed E-state index contributed by atoms with van der Waals surface area (Å²) in [6.07, 6.45) is 1.44. The maximum absolute atomic E-state index is 12.3. The van der Waals surface area contributed by atoms with Crippen LogP contribution in [0, 0.1) is 0 Å². The Balaban J connectivity index is 1.55. The maximum Gasteiger partial charge on any atom is 0.343 e. The van der Waals surface area contributed by atoms with Gasteiger partial charge in [-0.15, -0.1) is 0 Å². The lowest BCUT2D eigenvalue weighted by molar-refractivity contribution is -0.123. The average Bonchev–Trinajstić information content (AvgIpc) is 2.80. The normalized spacial score (nSPS) is 10.6. The molecule has 1 amide bonds. The predicted octanol–water partition coefficient (Wildman–Crippen LogP) is 4.97. The van der Waals surface area contributed by atoms with Crippen molar-refractivity contribution in [3.05, 3.63) is 86.8 Å². The third-order valence-electron chi connectivity index (χ3n) is 4.06. The summed E-state index contributed by atoms with van der Waals surface area (Å²) in [4.78, 5) is 24.2. The summed E-state index contributed by atoms with van der Waals surface area (Å²) in [7, 11) is 1.47. The van der Waals surface area contributed by atoms with Crippen molar-refractivity contribution in [2.75, 3.05) is 13.7 Å². The first-order chi connectivity index (χ1) is 15.4. The number of ether oxygens (including phenoxy) is 3. The van der Waals surface area contributed by atoms with E-state index in [0.717, 1.165) is 8.95 Å². The molecule has 0 aromatic heterocycles. The first kappa shape index (κ1) is 23.5. The molecule has 7 nitrogen and oxygen atoms in total. The second-order valence-electron chi connectivity index (χ2n) is 6.34. The van der Waals surface area contributed by atoms with E-state index in [-0.39, 0.29) is 12.4 Å². The molecular weight excluding hydrogens is 544 g/mol. The first-order valence-electron chi connectivity index (χ1n) is 9.30. The van der Waals surface area contributed by atoms with Crippen LogP contribution in [0.15, 0.2) is 80.8 Å². The summed E-state index contributed by atoms with van der Waals surface area (Å²) >= 11 is 6.66. The number of halogens is 2. The van der Waals surface area contributed by atoms with E-state index < -0.39 is 11.9 Å². The van der Waals surface area contributed by atoms with Crippen LogP contribution >= 0.6 is 31.9 Å². The fourth-order valence-corrected chi connectivity index (χ4v) is 3.01. The summed E-state index contributed by atoms with van der Waals surface area (Å²) in [6.45, 7) is -0.173. The zero-order valence-electron chi connectivity index (χ0n) is 16.9. The number of amides is 1. The fraction of sp³-hybridized carbons (Fsp3) is 0.0870. The number of esters is 1. The molecule has 3 rings (SSSR count). The summed E-state index contributed by atoms with van der Waals surface area (Å²) in [5, 5.41) is 3.91. The molecule has 0 fully saturated rings. The van der Waals surface area contributed by atoms with E-state index in [1.165, 1.54) is 13.3 Å². The largest absolute Gasteiger partial charge is 0.493 e. The van der Waals surface area contributed by atoms with Gasteiger partial charge in [-0.25, -0.2) is 10.2 Å². The van der Waals surface area contributed by atoms with Crippen molar-refractivity contribution in [3.63, 3.8) is 0 Å².